The number of hydrogen-bond donors (Lipinski definition) is 1. The van der Waals surface area contributed by atoms with Crippen molar-refractivity contribution in [3.8, 4) is 0 Å². The summed E-state index contributed by atoms with van der Waals surface area (Å²) in [5, 5.41) is 8.95. The zero-order valence-electron chi connectivity index (χ0n) is 7.60. The SMILES string of the molecule is O=C(O)c1scnc1C1CCCSC1. The predicted molar refractivity (Wildman–Crippen MR) is 58.4 cm³/mol. The average molecular weight is 229 g/mol. The molecule has 1 aromatic heterocycles. The number of thioether (sulfide) groups is 1. The van der Waals surface area contributed by atoms with Gasteiger partial charge >= 0.3 is 5.97 Å². The van der Waals surface area contributed by atoms with Crippen LogP contribution < -0.4 is 0 Å². The molecular formula is C9H11NO2S2. The zero-order chi connectivity index (χ0) is 9.97. The fourth-order valence-electron chi connectivity index (χ4n) is 1.66. The molecule has 14 heavy (non-hydrogen) atoms. The number of rotatable bonds is 2. The van der Waals surface area contributed by atoms with Gasteiger partial charge in [-0.15, -0.1) is 11.3 Å². The number of carbonyl (C=O) groups is 1. The van der Waals surface area contributed by atoms with Crippen molar-refractivity contribution in [1.82, 2.24) is 4.98 Å². The fraction of sp³-hybridized carbons (Fsp3) is 0.556. The van der Waals surface area contributed by atoms with E-state index in [9.17, 15) is 4.79 Å². The highest BCUT2D eigenvalue weighted by atomic mass is 32.2. The number of aromatic nitrogens is 1. The van der Waals surface area contributed by atoms with Crippen molar-refractivity contribution >= 4 is 29.1 Å². The van der Waals surface area contributed by atoms with Crippen LogP contribution in [-0.4, -0.2) is 27.6 Å². The second kappa shape index (κ2) is 4.31. The Labute approximate surface area is 90.6 Å². The molecule has 1 saturated heterocycles. The summed E-state index contributed by atoms with van der Waals surface area (Å²) in [4.78, 5) is 15.5. The highest BCUT2D eigenvalue weighted by Gasteiger charge is 2.23. The topological polar surface area (TPSA) is 50.2 Å². The molecule has 1 unspecified atom stereocenters. The van der Waals surface area contributed by atoms with Crippen LogP contribution in [0.1, 0.15) is 34.1 Å². The van der Waals surface area contributed by atoms with Crippen LogP contribution in [0.2, 0.25) is 0 Å². The number of carboxylic acid groups (broad SMARTS) is 1. The van der Waals surface area contributed by atoms with Crippen LogP contribution in [0.3, 0.4) is 0 Å². The molecule has 2 rings (SSSR count). The second-order valence-corrected chi connectivity index (χ2v) is 5.29. The Kier molecular flexibility index (Phi) is 3.08. The lowest BCUT2D eigenvalue weighted by Gasteiger charge is -2.19. The standard InChI is InChI=1S/C9H11NO2S2/c11-9(12)8-7(10-5-14-8)6-2-1-3-13-4-6/h5-6H,1-4H2,(H,11,12). The van der Waals surface area contributed by atoms with Crippen LogP contribution >= 0.6 is 23.1 Å². The molecule has 0 amide bonds. The molecule has 1 aliphatic heterocycles. The van der Waals surface area contributed by atoms with Crippen LogP contribution in [0.25, 0.3) is 0 Å². The van der Waals surface area contributed by atoms with Gasteiger partial charge in [0, 0.05) is 11.7 Å². The summed E-state index contributed by atoms with van der Waals surface area (Å²) in [5.74, 6) is 1.73. The van der Waals surface area contributed by atoms with E-state index in [0.717, 1.165) is 17.9 Å². The monoisotopic (exact) mass is 229 g/mol. The largest absolute Gasteiger partial charge is 0.477 e. The Balaban J connectivity index is 2.21. The number of aromatic carboxylic acids is 1. The summed E-state index contributed by atoms with van der Waals surface area (Å²) in [6, 6.07) is 0. The molecular weight excluding hydrogens is 218 g/mol. The van der Waals surface area contributed by atoms with Gasteiger partial charge in [-0.25, -0.2) is 9.78 Å². The quantitative estimate of drug-likeness (QED) is 0.846. The van der Waals surface area contributed by atoms with Crippen molar-refractivity contribution in [2.45, 2.75) is 18.8 Å². The van der Waals surface area contributed by atoms with Crippen molar-refractivity contribution in [3.05, 3.63) is 16.1 Å². The summed E-state index contributed by atoms with van der Waals surface area (Å²) < 4.78 is 0. The molecule has 0 bridgehead atoms. The van der Waals surface area contributed by atoms with Gasteiger partial charge in [-0.3, -0.25) is 0 Å². The summed E-state index contributed by atoms with van der Waals surface area (Å²) in [7, 11) is 0. The van der Waals surface area contributed by atoms with Crippen LogP contribution in [0, 0.1) is 0 Å². The summed E-state index contributed by atoms with van der Waals surface area (Å²) in [6.07, 6.45) is 2.25. The molecule has 1 fully saturated rings. The molecule has 1 aliphatic rings. The smallest absolute Gasteiger partial charge is 0.347 e. The number of nitrogens with zero attached hydrogens (tertiary/aromatic N) is 1. The molecule has 76 valence electrons. The highest BCUT2D eigenvalue weighted by molar-refractivity contribution is 7.99. The van der Waals surface area contributed by atoms with Crippen molar-refractivity contribution in [2.75, 3.05) is 11.5 Å². The lowest BCUT2D eigenvalue weighted by Crippen LogP contribution is -2.12. The van der Waals surface area contributed by atoms with Crippen LogP contribution in [0.4, 0.5) is 0 Å². The Hall–Kier alpha value is -0.550. The summed E-state index contributed by atoms with van der Waals surface area (Å²) in [6.45, 7) is 0. The minimum atomic E-state index is -0.835. The van der Waals surface area contributed by atoms with E-state index in [1.165, 1.54) is 23.5 Å². The number of carboxylic acids is 1. The minimum absolute atomic E-state index is 0.353. The maximum atomic E-state index is 10.9. The normalized spacial score (nSPS) is 22.1. The molecule has 2 heterocycles. The molecule has 0 saturated carbocycles. The highest BCUT2D eigenvalue weighted by Crippen LogP contribution is 2.33. The van der Waals surface area contributed by atoms with E-state index in [1.807, 2.05) is 11.8 Å². The van der Waals surface area contributed by atoms with Crippen LogP contribution in [-0.2, 0) is 0 Å². The van der Waals surface area contributed by atoms with Gasteiger partial charge in [0.1, 0.15) is 4.88 Å². The van der Waals surface area contributed by atoms with Gasteiger partial charge in [0.15, 0.2) is 0 Å². The van der Waals surface area contributed by atoms with Crippen molar-refractivity contribution < 1.29 is 9.90 Å². The van der Waals surface area contributed by atoms with Gasteiger partial charge in [0.25, 0.3) is 0 Å². The van der Waals surface area contributed by atoms with Gasteiger partial charge in [-0.05, 0) is 18.6 Å². The van der Waals surface area contributed by atoms with E-state index >= 15 is 0 Å². The first-order valence-corrected chi connectivity index (χ1v) is 6.57. The lowest BCUT2D eigenvalue weighted by molar-refractivity contribution is 0.0700. The van der Waals surface area contributed by atoms with E-state index in [2.05, 4.69) is 4.98 Å². The molecule has 3 nitrogen and oxygen atoms in total. The van der Waals surface area contributed by atoms with Gasteiger partial charge in [0.05, 0.1) is 11.2 Å². The number of thiazole rings is 1. The first kappa shape index (κ1) is 9.98. The lowest BCUT2D eigenvalue weighted by atomic mass is 10.0. The summed E-state index contributed by atoms with van der Waals surface area (Å²) in [5.41, 5.74) is 2.44. The Morgan fingerprint density at radius 3 is 3.14 bits per heavy atom. The third-order valence-corrected chi connectivity index (χ3v) is 4.38. The van der Waals surface area contributed by atoms with Gasteiger partial charge < -0.3 is 5.11 Å². The first-order chi connectivity index (χ1) is 6.79. The Bertz CT molecular complexity index is 331. The van der Waals surface area contributed by atoms with E-state index in [4.69, 9.17) is 5.11 Å². The van der Waals surface area contributed by atoms with Gasteiger partial charge in [0.2, 0.25) is 0 Å². The van der Waals surface area contributed by atoms with Gasteiger partial charge in [-0.1, -0.05) is 0 Å². The molecule has 0 spiro atoms. The maximum absolute atomic E-state index is 10.9. The van der Waals surface area contributed by atoms with E-state index in [1.54, 1.807) is 5.51 Å². The van der Waals surface area contributed by atoms with Gasteiger partial charge in [-0.2, -0.15) is 11.8 Å². The molecule has 0 radical (unpaired) electrons. The van der Waals surface area contributed by atoms with Crippen LogP contribution in [0.15, 0.2) is 5.51 Å². The van der Waals surface area contributed by atoms with E-state index in [0.29, 0.717) is 10.8 Å². The Morgan fingerprint density at radius 1 is 1.64 bits per heavy atom. The van der Waals surface area contributed by atoms with Crippen molar-refractivity contribution in [3.63, 3.8) is 0 Å². The van der Waals surface area contributed by atoms with Crippen LogP contribution in [0.5, 0.6) is 0 Å². The molecule has 5 heteroatoms. The molecule has 1 aromatic rings. The third-order valence-electron chi connectivity index (χ3n) is 2.34. The van der Waals surface area contributed by atoms with Crippen molar-refractivity contribution in [2.24, 2.45) is 0 Å². The molecule has 0 aromatic carbocycles. The van der Waals surface area contributed by atoms with E-state index < -0.39 is 5.97 Å². The minimum Gasteiger partial charge on any atom is -0.477 e. The maximum Gasteiger partial charge on any atom is 0.347 e. The number of hydrogen-bond acceptors (Lipinski definition) is 4. The van der Waals surface area contributed by atoms with Crippen molar-refractivity contribution in [1.29, 1.82) is 0 Å². The second-order valence-electron chi connectivity index (χ2n) is 3.29. The molecule has 1 N–H and O–H groups in total. The average Bonchev–Trinajstić information content (AvgIpc) is 2.67. The third kappa shape index (κ3) is 1.93. The van der Waals surface area contributed by atoms with E-state index in [-0.39, 0.29) is 0 Å². The first-order valence-electron chi connectivity index (χ1n) is 4.53. The summed E-state index contributed by atoms with van der Waals surface area (Å²) >= 11 is 3.12. The predicted octanol–water partition coefficient (Wildman–Crippen LogP) is 2.45. The molecule has 0 aliphatic carbocycles. The zero-order valence-corrected chi connectivity index (χ0v) is 9.24. The Morgan fingerprint density at radius 2 is 2.50 bits per heavy atom. The fourth-order valence-corrected chi connectivity index (χ4v) is 3.52. The molecule has 1 atom stereocenters.